The Hall–Kier alpha value is -2.78. The highest BCUT2D eigenvalue weighted by Crippen LogP contribution is 2.21. The van der Waals surface area contributed by atoms with Gasteiger partial charge < -0.3 is 9.47 Å². The molecule has 0 saturated heterocycles. The van der Waals surface area contributed by atoms with Crippen LogP contribution in [0.5, 0.6) is 5.75 Å². The van der Waals surface area contributed by atoms with E-state index in [1.54, 1.807) is 18.2 Å². The molecule has 0 aliphatic carbocycles. The number of rotatable bonds is 5. The molecule has 0 atom stereocenters. The number of hydrogen-bond donors (Lipinski definition) is 0. The number of halogens is 1. The van der Waals surface area contributed by atoms with Crippen LogP contribution in [0, 0.1) is 0 Å². The molecule has 0 spiro atoms. The van der Waals surface area contributed by atoms with E-state index in [9.17, 15) is 4.79 Å². The summed E-state index contributed by atoms with van der Waals surface area (Å²) in [5, 5.41) is 2.82. The predicted molar refractivity (Wildman–Crippen MR) is 101 cm³/mol. The van der Waals surface area contributed by atoms with Gasteiger partial charge in [0, 0.05) is 5.02 Å². The van der Waals surface area contributed by atoms with Crippen molar-refractivity contribution in [1.29, 1.82) is 0 Å². The second kappa shape index (κ2) is 7.86. The fourth-order valence-electron chi connectivity index (χ4n) is 2.51. The lowest BCUT2D eigenvalue weighted by molar-refractivity contribution is -0.136. The number of esters is 1. The van der Waals surface area contributed by atoms with Crippen molar-refractivity contribution < 1.29 is 14.3 Å². The quantitative estimate of drug-likeness (QED) is 0.471. The van der Waals surface area contributed by atoms with Crippen molar-refractivity contribution in [2.45, 2.75) is 0 Å². The van der Waals surface area contributed by atoms with Gasteiger partial charge in [0.2, 0.25) is 0 Å². The van der Waals surface area contributed by atoms with Gasteiger partial charge in [0.05, 0.1) is 12.7 Å². The zero-order valence-corrected chi connectivity index (χ0v) is 14.5. The molecule has 0 amide bonds. The number of ether oxygens (including phenoxy) is 2. The lowest BCUT2D eigenvalue weighted by Gasteiger charge is -2.10. The Kier molecular flexibility index (Phi) is 5.36. The molecule has 0 bridgehead atoms. The van der Waals surface area contributed by atoms with E-state index in [-0.39, 0.29) is 6.61 Å². The first-order valence-corrected chi connectivity index (χ1v) is 8.19. The molecule has 3 aromatic rings. The molecule has 0 aliphatic rings. The van der Waals surface area contributed by atoms with Crippen molar-refractivity contribution in [2.24, 2.45) is 0 Å². The maximum absolute atomic E-state index is 12.0. The van der Waals surface area contributed by atoms with E-state index >= 15 is 0 Å². The van der Waals surface area contributed by atoms with E-state index in [0.29, 0.717) is 16.3 Å². The van der Waals surface area contributed by atoms with Gasteiger partial charge in [-0.15, -0.1) is 0 Å². The number of carbonyl (C=O) groups is 1. The predicted octanol–water partition coefficient (Wildman–Crippen LogP) is 5.13. The van der Waals surface area contributed by atoms with E-state index in [4.69, 9.17) is 21.1 Å². The van der Waals surface area contributed by atoms with Gasteiger partial charge in [0.1, 0.15) is 12.4 Å². The summed E-state index contributed by atoms with van der Waals surface area (Å²) in [6.45, 7) is 0.109. The third-order valence-corrected chi connectivity index (χ3v) is 3.99. The average molecular weight is 353 g/mol. The molecule has 3 rings (SSSR count). The number of benzene rings is 3. The van der Waals surface area contributed by atoms with Crippen LogP contribution in [0.4, 0.5) is 0 Å². The van der Waals surface area contributed by atoms with Crippen LogP contribution in [0.3, 0.4) is 0 Å². The van der Waals surface area contributed by atoms with E-state index < -0.39 is 5.97 Å². The molecule has 3 aromatic carbocycles. The molecule has 0 unspecified atom stereocenters. The molecule has 0 heterocycles. The largest absolute Gasteiger partial charge is 0.489 e. The molecule has 25 heavy (non-hydrogen) atoms. The zero-order valence-electron chi connectivity index (χ0n) is 13.7. The summed E-state index contributed by atoms with van der Waals surface area (Å²) in [6, 6.07) is 21.1. The maximum Gasteiger partial charge on any atom is 0.337 e. The molecule has 0 N–H and O–H groups in total. The van der Waals surface area contributed by atoms with Crippen LogP contribution >= 0.6 is 11.6 Å². The Morgan fingerprint density at radius 1 is 1.00 bits per heavy atom. The summed E-state index contributed by atoms with van der Waals surface area (Å²) in [6.07, 6.45) is 1.72. The lowest BCUT2D eigenvalue weighted by Crippen LogP contribution is -2.12. The van der Waals surface area contributed by atoms with Crippen molar-refractivity contribution in [3.63, 3.8) is 0 Å². The van der Waals surface area contributed by atoms with Crippen LogP contribution in [0.25, 0.3) is 16.8 Å². The van der Waals surface area contributed by atoms with Gasteiger partial charge in [0.15, 0.2) is 0 Å². The minimum atomic E-state index is -0.430. The Bertz CT molecular complexity index is 931. The summed E-state index contributed by atoms with van der Waals surface area (Å²) < 4.78 is 10.7. The monoisotopic (exact) mass is 352 g/mol. The minimum Gasteiger partial charge on any atom is -0.489 e. The van der Waals surface area contributed by atoms with Crippen LogP contribution in [-0.4, -0.2) is 19.7 Å². The average Bonchev–Trinajstić information content (AvgIpc) is 2.64. The molecule has 126 valence electrons. The lowest BCUT2D eigenvalue weighted by atomic mass is 10.1. The molecular weight excluding hydrogens is 336 g/mol. The van der Waals surface area contributed by atoms with Gasteiger partial charge in [0.25, 0.3) is 0 Å². The number of fused-ring (bicyclic) bond motifs is 1. The second-order valence-electron chi connectivity index (χ2n) is 5.51. The Morgan fingerprint density at radius 2 is 1.80 bits per heavy atom. The summed E-state index contributed by atoms with van der Waals surface area (Å²) in [4.78, 5) is 12.0. The van der Waals surface area contributed by atoms with Crippen LogP contribution in [0.15, 0.2) is 72.3 Å². The smallest absolute Gasteiger partial charge is 0.337 e. The van der Waals surface area contributed by atoms with Crippen LogP contribution in [0.2, 0.25) is 5.02 Å². The van der Waals surface area contributed by atoms with Crippen molar-refractivity contribution in [1.82, 2.24) is 0 Å². The highest BCUT2D eigenvalue weighted by molar-refractivity contribution is 6.30. The van der Waals surface area contributed by atoms with Gasteiger partial charge in [-0.05, 0) is 46.7 Å². The van der Waals surface area contributed by atoms with E-state index in [1.165, 1.54) is 7.11 Å². The van der Waals surface area contributed by atoms with Gasteiger partial charge in [-0.25, -0.2) is 4.79 Å². The molecule has 0 fully saturated rings. The third kappa shape index (κ3) is 4.40. The van der Waals surface area contributed by atoms with Gasteiger partial charge >= 0.3 is 5.97 Å². The van der Waals surface area contributed by atoms with Crippen molar-refractivity contribution in [3.8, 4) is 5.75 Å². The molecule has 0 radical (unpaired) electrons. The van der Waals surface area contributed by atoms with Gasteiger partial charge in [-0.2, -0.15) is 0 Å². The first-order valence-electron chi connectivity index (χ1n) is 7.82. The first kappa shape index (κ1) is 17.1. The van der Waals surface area contributed by atoms with Crippen molar-refractivity contribution in [2.75, 3.05) is 13.7 Å². The minimum absolute atomic E-state index is 0.109. The molecule has 0 saturated carbocycles. The fraction of sp³-hybridized carbons (Fsp3) is 0.0952. The number of methoxy groups -OCH3 is 1. The first-order chi connectivity index (χ1) is 12.2. The van der Waals surface area contributed by atoms with E-state index in [0.717, 1.165) is 16.3 Å². The van der Waals surface area contributed by atoms with Crippen LogP contribution < -0.4 is 4.74 Å². The van der Waals surface area contributed by atoms with Crippen molar-refractivity contribution >= 4 is 34.4 Å². The fourth-order valence-corrected chi connectivity index (χ4v) is 2.71. The molecule has 0 aliphatic heterocycles. The Labute approximate surface area is 151 Å². The normalized spacial score (nSPS) is 11.4. The molecule has 4 heteroatoms. The third-order valence-electron chi connectivity index (χ3n) is 3.75. The molecule has 0 aromatic heterocycles. The van der Waals surface area contributed by atoms with Gasteiger partial charge in [-0.3, -0.25) is 0 Å². The molecule has 3 nitrogen and oxygen atoms in total. The maximum atomic E-state index is 12.0. The van der Waals surface area contributed by atoms with Crippen LogP contribution in [0.1, 0.15) is 5.56 Å². The Morgan fingerprint density at radius 3 is 2.56 bits per heavy atom. The summed E-state index contributed by atoms with van der Waals surface area (Å²) in [5.74, 6) is 0.264. The Balaban J connectivity index is 1.81. The summed E-state index contributed by atoms with van der Waals surface area (Å²) in [7, 11) is 1.35. The second-order valence-corrected chi connectivity index (χ2v) is 5.95. The molecular formula is C21H17ClO3. The number of hydrogen-bond acceptors (Lipinski definition) is 3. The summed E-state index contributed by atoms with van der Waals surface area (Å²) in [5.41, 5.74) is 1.23. The topological polar surface area (TPSA) is 35.5 Å². The van der Waals surface area contributed by atoms with Crippen LogP contribution in [-0.2, 0) is 9.53 Å². The van der Waals surface area contributed by atoms with Crippen molar-refractivity contribution in [3.05, 3.63) is 82.9 Å². The zero-order chi connectivity index (χ0) is 17.6. The highest BCUT2D eigenvalue weighted by atomic mass is 35.5. The van der Waals surface area contributed by atoms with Gasteiger partial charge in [-0.1, -0.05) is 54.1 Å². The standard InChI is InChI=1S/C21H17ClO3/c1-24-21(23)18(11-15-5-4-8-19(22)12-15)14-25-20-10-9-16-6-2-3-7-17(16)13-20/h2-13H,14H2,1H3/b18-11+. The number of carbonyl (C=O) groups excluding carboxylic acids is 1. The highest BCUT2D eigenvalue weighted by Gasteiger charge is 2.11. The SMILES string of the molecule is COC(=O)/C(=C/c1cccc(Cl)c1)COc1ccc2ccccc2c1. The summed E-state index contributed by atoms with van der Waals surface area (Å²) >= 11 is 5.99. The van der Waals surface area contributed by atoms with E-state index in [2.05, 4.69) is 0 Å². The van der Waals surface area contributed by atoms with E-state index in [1.807, 2.05) is 54.6 Å².